The molecule has 8 N–H and O–H groups in total. The lowest BCUT2D eigenvalue weighted by molar-refractivity contribution is -0.256. The SMILES string of the molecule is CC(C)C(CCCC1CCC2C3C[C@H](O)[C@@]4(O)CC(NCCCNCCCCN)CCC4(C)C3CCC12C)OS(=O)(=O)O.CO. The number of aliphatic hydroxyl groups excluding tert-OH is 2. The van der Waals surface area contributed by atoms with Gasteiger partial charge in [0.15, 0.2) is 0 Å². The summed E-state index contributed by atoms with van der Waals surface area (Å²) in [5, 5.41) is 38.0. The molecule has 0 bridgehead atoms. The van der Waals surface area contributed by atoms with Gasteiger partial charge in [0.1, 0.15) is 0 Å². The number of aliphatic hydroxyl groups is 3. The molecular formula is C34H67N3O7S. The summed E-state index contributed by atoms with van der Waals surface area (Å²) in [5.74, 6) is 2.00. The maximum absolute atomic E-state index is 12.2. The van der Waals surface area contributed by atoms with E-state index in [0.717, 1.165) is 91.1 Å². The Bertz CT molecular complexity index is 1000. The van der Waals surface area contributed by atoms with Gasteiger partial charge in [-0.1, -0.05) is 34.1 Å². The van der Waals surface area contributed by atoms with Gasteiger partial charge in [-0.2, -0.15) is 8.42 Å². The third-order valence-corrected chi connectivity index (χ3v) is 13.3. The van der Waals surface area contributed by atoms with E-state index < -0.39 is 28.2 Å². The molecule has 0 amide bonds. The Morgan fingerprint density at radius 1 is 0.956 bits per heavy atom. The van der Waals surface area contributed by atoms with Gasteiger partial charge in [-0.15, -0.1) is 0 Å². The lowest BCUT2D eigenvalue weighted by atomic mass is 9.42. The minimum absolute atomic E-state index is 0.00589. The van der Waals surface area contributed by atoms with Gasteiger partial charge in [0.05, 0.1) is 17.8 Å². The van der Waals surface area contributed by atoms with Crippen molar-refractivity contribution in [3.63, 3.8) is 0 Å². The first-order valence-electron chi connectivity index (χ1n) is 17.9. The summed E-state index contributed by atoms with van der Waals surface area (Å²) >= 11 is 0. The minimum Gasteiger partial charge on any atom is -0.400 e. The van der Waals surface area contributed by atoms with Gasteiger partial charge in [0, 0.05) is 18.6 Å². The summed E-state index contributed by atoms with van der Waals surface area (Å²) in [6.07, 6.45) is 12.5. The molecule has 0 aromatic carbocycles. The van der Waals surface area contributed by atoms with Gasteiger partial charge in [0.25, 0.3) is 0 Å². The van der Waals surface area contributed by atoms with E-state index in [0.29, 0.717) is 42.9 Å². The van der Waals surface area contributed by atoms with Crippen LogP contribution in [-0.4, -0.2) is 85.4 Å². The van der Waals surface area contributed by atoms with Gasteiger partial charge in [-0.3, -0.25) is 4.55 Å². The first kappa shape index (κ1) is 39.1. The Hall–Kier alpha value is -0.370. The normalized spacial score (nSPS) is 38.6. The fourth-order valence-corrected chi connectivity index (χ4v) is 10.9. The fraction of sp³-hybridized carbons (Fsp3) is 1.00. The van der Waals surface area contributed by atoms with Crippen LogP contribution in [0.4, 0.5) is 0 Å². The van der Waals surface area contributed by atoms with Crippen molar-refractivity contribution in [3.8, 4) is 0 Å². The lowest BCUT2D eigenvalue weighted by Gasteiger charge is -2.65. The molecule has 4 aliphatic carbocycles. The van der Waals surface area contributed by atoms with E-state index in [2.05, 4.69) is 24.5 Å². The Morgan fingerprint density at radius 3 is 2.33 bits per heavy atom. The van der Waals surface area contributed by atoms with E-state index in [1.807, 2.05) is 13.8 Å². The largest absolute Gasteiger partial charge is 0.400 e. The van der Waals surface area contributed by atoms with Crippen molar-refractivity contribution in [1.29, 1.82) is 0 Å². The molecular weight excluding hydrogens is 594 g/mol. The minimum atomic E-state index is -4.46. The van der Waals surface area contributed by atoms with Gasteiger partial charge in [0.2, 0.25) is 0 Å². The molecule has 4 aliphatic rings. The van der Waals surface area contributed by atoms with Gasteiger partial charge >= 0.3 is 10.4 Å². The van der Waals surface area contributed by atoms with Crippen molar-refractivity contribution in [2.75, 3.05) is 33.3 Å². The van der Waals surface area contributed by atoms with Crippen LogP contribution in [0.25, 0.3) is 0 Å². The van der Waals surface area contributed by atoms with Crippen molar-refractivity contribution in [2.45, 2.75) is 141 Å². The second kappa shape index (κ2) is 16.8. The van der Waals surface area contributed by atoms with Crippen molar-refractivity contribution in [3.05, 3.63) is 0 Å². The first-order chi connectivity index (χ1) is 21.2. The van der Waals surface area contributed by atoms with Gasteiger partial charge in [-0.05, 0) is 145 Å². The highest BCUT2D eigenvalue weighted by Crippen LogP contribution is 2.68. The number of nitrogens with two attached hydrogens (primary N) is 1. The molecule has 0 aromatic heterocycles. The zero-order valence-electron chi connectivity index (χ0n) is 28.8. The summed E-state index contributed by atoms with van der Waals surface area (Å²) in [7, 11) is -3.46. The third kappa shape index (κ3) is 9.01. The van der Waals surface area contributed by atoms with E-state index in [4.69, 9.17) is 15.0 Å². The predicted molar refractivity (Wildman–Crippen MR) is 179 cm³/mol. The van der Waals surface area contributed by atoms with Gasteiger partial charge in [-0.25, -0.2) is 4.18 Å². The highest BCUT2D eigenvalue weighted by atomic mass is 32.3. The number of rotatable bonds is 16. The molecule has 4 rings (SSSR count). The number of fused-ring (bicyclic) bond motifs is 5. The van der Waals surface area contributed by atoms with Crippen LogP contribution in [0.3, 0.4) is 0 Å². The zero-order chi connectivity index (χ0) is 33.5. The maximum Gasteiger partial charge on any atom is 0.397 e. The van der Waals surface area contributed by atoms with Crippen molar-refractivity contribution in [2.24, 2.45) is 46.2 Å². The van der Waals surface area contributed by atoms with E-state index >= 15 is 0 Å². The topological polar surface area (TPSA) is 174 Å². The quantitative estimate of drug-likeness (QED) is 0.0945. The second-order valence-corrected chi connectivity index (χ2v) is 16.6. The Morgan fingerprint density at radius 2 is 1.67 bits per heavy atom. The standard InChI is InChI=1S/C33H63N3O6S.CH4O/c1-23(2)29(42-43(39,40)41)10-7-9-24-11-12-27-26-21-30(37)33(38)22-25(36-20-8-19-35-18-6-5-17-34)13-16-32(33,4)28(26)14-15-31(24,27)3;1-2/h23-30,35-38H,5-22,34H2,1-4H3,(H,39,40,41);2H,1H3/t24?,25?,26?,27?,28?,29?,30-,31?,32?,33-;/m0./s1. The second-order valence-electron chi connectivity index (χ2n) is 15.5. The predicted octanol–water partition coefficient (Wildman–Crippen LogP) is 4.03. The molecule has 4 saturated carbocycles. The molecule has 10 nitrogen and oxygen atoms in total. The smallest absolute Gasteiger partial charge is 0.397 e. The van der Waals surface area contributed by atoms with Crippen molar-refractivity contribution in [1.82, 2.24) is 10.6 Å². The van der Waals surface area contributed by atoms with Gasteiger partial charge < -0.3 is 31.7 Å². The molecule has 45 heavy (non-hydrogen) atoms. The van der Waals surface area contributed by atoms with Crippen LogP contribution in [0.15, 0.2) is 0 Å². The molecule has 0 aliphatic heterocycles. The average molecular weight is 662 g/mol. The molecule has 4 fully saturated rings. The zero-order valence-corrected chi connectivity index (χ0v) is 29.7. The molecule has 0 spiro atoms. The summed E-state index contributed by atoms with van der Waals surface area (Å²) in [6.45, 7) is 12.3. The van der Waals surface area contributed by atoms with Crippen molar-refractivity contribution >= 4 is 10.4 Å². The molecule has 0 saturated heterocycles. The van der Waals surface area contributed by atoms with Crippen molar-refractivity contribution < 1.29 is 32.5 Å². The molecule has 8 unspecified atom stereocenters. The molecule has 0 aromatic rings. The van der Waals surface area contributed by atoms with E-state index in [-0.39, 0.29) is 22.8 Å². The molecule has 10 atom stereocenters. The Balaban J connectivity index is 0.00000271. The maximum atomic E-state index is 12.2. The summed E-state index contributed by atoms with van der Waals surface area (Å²) in [4.78, 5) is 0. The summed E-state index contributed by atoms with van der Waals surface area (Å²) < 4.78 is 36.8. The molecule has 11 heteroatoms. The van der Waals surface area contributed by atoms with Crippen LogP contribution in [-0.2, 0) is 14.6 Å². The summed E-state index contributed by atoms with van der Waals surface area (Å²) in [6, 6.07) is 0.241. The van der Waals surface area contributed by atoms with Crippen LogP contribution in [0.2, 0.25) is 0 Å². The van der Waals surface area contributed by atoms with Crippen LogP contribution in [0.1, 0.15) is 118 Å². The van der Waals surface area contributed by atoms with Crippen LogP contribution >= 0.6 is 0 Å². The number of hydrogen-bond donors (Lipinski definition) is 7. The fourth-order valence-electron chi connectivity index (χ4n) is 10.3. The summed E-state index contributed by atoms with van der Waals surface area (Å²) in [5.41, 5.74) is 4.46. The Kier molecular flexibility index (Phi) is 14.6. The third-order valence-electron chi connectivity index (χ3n) is 12.9. The Labute approximate surface area is 274 Å². The van der Waals surface area contributed by atoms with E-state index in [1.54, 1.807) is 0 Å². The highest BCUT2D eigenvalue weighted by molar-refractivity contribution is 7.80. The lowest BCUT2D eigenvalue weighted by Crippen LogP contribution is -2.69. The molecule has 0 heterocycles. The molecule has 0 radical (unpaired) electrons. The van der Waals surface area contributed by atoms with Crippen LogP contribution < -0.4 is 16.4 Å². The monoisotopic (exact) mass is 661 g/mol. The number of nitrogens with one attached hydrogen (secondary N) is 2. The highest BCUT2D eigenvalue weighted by Gasteiger charge is 2.67. The number of hydrogen-bond acceptors (Lipinski definition) is 9. The average Bonchev–Trinajstić information content (AvgIpc) is 3.32. The van der Waals surface area contributed by atoms with E-state index in [1.165, 1.54) is 12.8 Å². The number of unbranched alkanes of at least 4 members (excludes halogenated alkanes) is 1. The van der Waals surface area contributed by atoms with Crippen LogP contribution in [0, 0.1) is 40.4 Å². The molecule has 266 valence electrons. The first-order valence-corrected chi connectivity index (χ1v) is 19.3. The van der Waals surface area contributed by atoms with Crippen LogP contribution in [0.5, 0.6) is 0 Å². The van der Waals surface area contributed by atoms with E-state index in [9.17, 15) is 23.2 Å².